The highest BCUT2D eigenvalue weighted by atomic mass is 32.2. The van der Waals surface area contributed by atoms with Crippen LogP contribution in [0.5, 0.6) is 0 Å². The number of amidine groups is 2. The molecule has 0 aliphatic carbocycles. The lowest BCUT2D eigenvalue weighted by atomic mass is 10.1. The number of sulfonamides is 2. The van der Waals surface area contributed by atoms with Crippen LogP contribution >= 0.6 is 0 Å². The first-order valence-electron chi connectivity index (χ1n) is 12.7. The Labute approximate surface area is 235 Å². The topological polar surface area (TPSA) is 99.5 Å². The van der Waals surface area contributed by atoms with Crippen LogP contribution in [0, 0.1) is 0 Å². The maximum atomic E-state index is 13.2. The van der Waals surface area contributed by atoms with E-state index in [4.69, 9.17) is 0 Å². The predicted molar refractivity (Wildman–Crippen MR) is 156 cm³/mol. The van der Waals surface area contributed by atoms with Gasteiger partial charge < -0.3 is 9.80 Å². The van der Waals surface area contributed by atoms with Gasteiger partial charge >= 0.3 is 0 Å². The normalized spacial score (nSPS) is 15.2. The van der Waals surface area contributed by atoms with Crippen molar-refractivity contribution in [3.63, 3.8) is 0 Å². The van der Waals surface area contributed by atoms with Crippen molar-refractivity contribution in [2.45, 2.75) is 9.79 Å². The summed E-state index contributed by atoms with van der Waals surface area (Å²) in [5.74, 6) is 0.693. The minimum Gasteiger partial charge on any atom is -0.352 e. The van der Waals surface area contributed by atoms with Gasteiger partial charge in [0.15, 0.2) is 0 Å². The molecule has 1 aliphatic heterocycles. The molecule has 0 radical (unpaired) electrons. The third-order valence-electron chi connectivity index (χ3n) is 6.44. The van der Waals surface area contributed by atoms with E-state index in [1.54, 1.807) is 36.4 Å². The predicted octanol–water partition coefficient (Wildman–Crippen LogP) is 4.28. The Hall–Kier alpha value is -4.28. The van der Waals surface area contributed by atoms with Crippen LogP contribution in [0.3, 0.4) is 0 Å². The van der Waals surface area contributed by atoms with Crippen molar-refractivity contribution >= 4 is 31.7 Å². The number of rotatable bonds is 6. The van der Waals surface area contributed by atoms with Gasteiger partial charge in [0.05, 0.1) is 9.79 Å². The zero-order valence-electron chi connectivity index (χ0n) is 21.6. The van der Waals surface area contributed by atoms with Crippen LogP contribution in [0.25, 0.3) is 0 Å². The third kappa shape index (κ3) is 6.30. The van der Waals surface area contributed by atoms with Crippen LogP contribution in [-0.2, 0) is 20.0 Å². The van der Waals surface area contributed by atoms with Gasteiger partial charge in [-0.05, 0) is 24.3 Å². The van der Waals surface area contributed by atoms with E-state index in [2.05, 4.69) is 8.80 Å². The summed E-state index contributed by atoms with van der Waals surface area (Å²) in [5.41, 5.74) is 1.36. The summed E-state index contributed by atoms with van der Waals surface area (Å²) in [7, 11) is -7.91. The molecule has 0 N–H and O–H groups in total. The Morgan fingerprint density at radius 1 is 0.450 bits per heavy atom. The van der Waals surface area contributed by atoms with Crippen molar-refractivity contribution in [2.24, 2.45) is 8.80 Å². The van der Waals surface area contributed by atoms with Crippen LogP contribution in [0.1, 0.15) is 11.1 Å². The van der Waals surface area contributed by atoms with Crippen LogP contribution in [0.15, 0.2) is 140 Å². The van der Waals surface area contributed by atoms with E-state index in [1.807, 2.05) is 70.5 Å². The van der Waals surface area contributed by atoms with Crippen molar-refractivity contribution < 1.29 is 16.8 Å². The Morgan fingerprint density at radius 3 is 1.02 bits per heavy atom. The van der Waals surface area contributed by atoms with Gasteiger partial charge in [-0.2, -0.15) is 16.8 Å². The van der Waals surface area contributed by atoms with Gasteiger partial charge in [0.1, 0.15) is 11.7 Å². The van der Waals surface area contributed by atoms with Crippen LogP contribution in [-0.4, -0.2) is 64.5 Å². The van der Waals surface area contributed by atoms with Crippen molar-refractivity contribution in [3.8, 4) is 0 Å². The Bertz CT molecular complexity index is 1570. The van der Waals surface area contributed by atoms with E-state index in [1.165, 1.54) is 24.3 Å². The molecule has 4 aromatic carbocycles. The molecule has 4 aromatic rings. The van der Waals surface area contributed by atoms with Crippen molar-refractivity contribution in [2.75, 3.05) is 26.2 Å². The number of hydrogen-bond acceptors (Lipinski definition) is 4. The standard InChI is InChI=1S/C30H28N4O4S2/c35-39(36,27-17-9-3-10-18-27)31-29(25-13-5-1-6-14-25)33-21-23-34(24-22-33)30(26-15-7-2-8-16-26)32-40(37,38)28-19-11-4-12-20-28/h1-20H,21-24H2/b31-29+,32-30+. The zero-order chi connectivity index (χ0) is 28.0. The molecule has 0 aromatic heterocycles. The van der Waals surface area contributed by atoms with Crippen molar-refractivity contribution in [3.05, 3.63) is 132 Å². The molecule has 0 atom stereocenters. The van der Waals surface area contributed by atoms with Gasteiger partial charge in [0.2, 0.25) is 0 Å². The van der Waals surface area contributed by atoms with Gasteiger partial charge in [-0.3, -0.25) is 0 Å². The van der Waals surface area contributed by atoms with E-state index >= 15 is 0 Å². The molecular formula is C30H28N4O4S2. The van der Waals surface area contributed by atoms with Gasteiger partial charge in [-0.15, -0.1) is 8.80 Å². The van der Waals surface area contributed by atoms with Gasteiger partial charge in [-0.1, -0.05) is 97.1 Å². The van der Waals surface area contributed by atoms with Gasteiger partial charge in [0, 0.05) is 37.3 Å². The quantitative estimate of drug-likeness (QED) is 0.253. The first kappa shape index (κ1) is 27.3. The molecule has 5 rings (SSSR count). The molecule has 204 valence electrons. The number of nitrogens with zero attached hydrogens (tertiary/aromatic N) is 4. The van der Waals surface area contributed by atoms with E-state index < -0.39 is 20.0 Å². The second kappa shape index (κ2) is 11.8. The highest BCUT2D eigenvalue weighted by Crippen LogP contribution is 2.20. The summed E-state index contributed by atoms with van der Waals surface area (Å²) >= 11 is 0. The highest BCUT2D eigenvalue weighted by Gasteiger charge is 2.27. The van der Waals surface area contributed by atoms with E-state index in [0.29, 0.717) is 49.0 Å². The number of piperazine rings is 1. The number of benzene rings is 4. The maximum Gasteiger partial charge on any atom is 0.284 e. The second-order valence-electron chi connectivity index (χ2n) is 9.11. The lowest BCUT2D eigenvalue weighted by Gasteiger charge is -2.38. The Morgan fingerprint density at radius 2 is 0.725 bits per heavy atom. The van der Waals surface area contributed by atoms with Crippen molar-refractivity contribution in [1.29, 1.82) is 0 Å². The summed E-state index contributed by atoms with van der Waals surface area (Å²) in [6.07, 6.45) is 0. The highest BCUT2D eigenvalue weighted by molar-refractivity contribution is 7.90. The minimum atomic E-state index is -3.95. The smallest absolute Gasteiger partial charge is 0.284 e. The molecular weight excluding hydrogens is 544 g/mol. The average Bonchev–Trinajstić information content (AvgIpc) is 3.01. The molecule has 1 aliphatic rings. The molecule has 0 unspecified atom stereocenters. The molecule has 0 amide bonds. The van der Waals surface area contributed by atoms with Crippen LogP contribution in [0.4, 0.5) is 0 Å². The zero-order valence-corrected chi connectivity index (χ0v) is 23.2. The SMILES string of the molecule is O=S(=O)(/N=C(\c1ccccc1)N1CCN(/C(=N/S(=O)(=O)c2ccccc2)c2ccccc2)CC1)c1ccccc1. The van der Waals surface area contributed by atoms with Crippen LogP contribution in [0.2, 0.25) is 0 Å². The van der Waals surface area contributed by atoms with Crippen molar-refractivity contribution in [1.82, 2.24) is 9.80 Å². The molecule has 0 saturated carbocycles. The Kier molecular flexibility index (Phi) is 8.09. The fourth-order valence-corrected chi connectivity index (χ4v) is 6.52. The van der Waals surface area contributed by atoms with E-state index in [9.17, 15) is 16.8 Å². The first-order chi connectivity index (χ1) is 19.3. The third-order valence-corrected chi connectivity index (χ3v) is 9.00. The summed E-state index contributed by atoms with van der Waals surface area (Å²) < 4.78 is 61.3. The monoisotopic (exact) mass is 572 g/mol. The summed E-state index contributed by atoms with van der Waals surface area (Å²) in [5, 5.41) is 0. The lowest BCUT2D eigenvalue weighted by molar-refractivity contribution is 0.260. The average molecular weight is 573 g/mol. The van der Waals surface area contributed by atoms with Gasteiger partial charge in [0.25, 0.3) is 20.0 Å². The molecule has 10 heteroatoms. The van der Waals surface area contributed by atoms with E-state index in [0.717, 1.165) is 0 Å². The number of hydrogen-bond donors (Lipinski definition) is 0. The lowest BCUT2D eigenvalue weighted by Crippen LogP contribution is -2.51. The molecule has 1 heterocycles. The van der Waals surface area contributed by atoms with Crippen LogP contribution < -0.4 is 0 Å². The summed E-state index contributed by atoms with van der Waals surface area (Å²) in [6.45, 7) is 1.65. The van der Waals surface area contributed by atoms with Gasteiger partial charge in [-0.25, -0.2) is 0 Å². The molecule has 1 saturated heterocycles. The van der Waals surface area contributed by atoms with E-state index in [-0.39, 0.29) is 9.79 Å². The fourth-order valence-electron chi connectivity index (χ4n) is 4.41. The summed E-state index contributed by atoms with van der Waals surface area (Å²) in [6, 6.07) is 34.6. The fraction of sp³-hybridized carbons (Fsp3) is 0.133. The molecule has 40 heavy (non-hydrogen) atoms. The first-order valence-corrected chi connectivity index (χ1v) is 15.6. The minimum absolute atomic E-state index is 0.117. The second-order valence-corrected chi connectivity index (χ2v) is 12.3. The molecule has 8 nitrogen and oxygen atoms in total. The maximum absolute atomic E-state index is 13.2. The molecule has 0 bridgehead atoms. The Balaban J connectivity index is 1.46. The summed E-state index contributed by atoms with van der Waals surface area (Å²) in [4.78, 5) is 4.07. The molecule has 0 spiro atoms. The molecule has 1 fully saturated rings. The largest absolute Gasteiger partial charge is 0.352 e.